The SMILES string of the molecule is O=C(CSc1nnc(-c2ccc(Br)cc2)n1-c1ccccc1)N/N=C\c1c(Cl)cccc1Cl. The third-order valence-electron chi connectivity index (χ3n) is 4.47. The van der Waals surface area contributed by atoms with Crippen LogP contribution < -0.4 is 5.43 Å². The van der Waals surface area contributed by atoms with Crippen molar-refractivity contribution < 1.29 is 4.79 Å². The van der Waals surface area contributed by atoms with Gasteiger partial charge in [-0.2, -0.15) is 5.10 Å². The summed E-state index contributed by atoms with van der Waals surface area (Å²) in [7, 11) is 0. The first kappa shape index (κ1) is 23.5. The normalized spacial score (nSPS) is 11.1. The number of nitrogens with one attached hydrogen (secondary N) is 1. The number of amides is 1. The zero-order valence-corrected chi connectivity index (χ0v) is 20.9. The number of nitrogens with zero attached hydrogens (tertiary/aromatic N) is 4. The summed E-state index contributed by atoms with van der Waals surface area (Å²) < 4.78 is 2.90. The molecule has 10 heteroatoms. The fraction of sp³-hybridized carbons (Fsp3) is 0.0435. The number of carbonyl (C=O) groups excluding carboxylic acids is 1. The number of carbonyl (C=O) groups is 1. The van der Waals surface area contributed by atoms with E-state index in [0.717, 1.165) is 15.7 Å². The fourth-order valence-electron chi connectivity index (χ4n) is 2.92. The van der Waals surface area contributed by atoms with Crippen LogP contribution in [0.2, 0.25) is 10.0 Å². The molecule has 3 aromatic carbocycles. The number of hydrogen-bond acceptors (Lipinski definition) is 5. The summed E-state index contributed by atoms with van der Waals surface area (Å²) in [6.07, 6.45) is 1.42. The number of halogens is 3. The molecule has 0 aliphatic heterocycles. The lowest BCUT2D eigenvalue weighted by atomic mass is 10.2. The number of hydrazone groups is 1. The van der Waals surface area contributed by atoms with Gasteiger partial charge >= 0.3 is 0 Å². The maximum atomic E-state index is 12.4. The van der Waals surface area contributed by atoms with Gasteiger partial charge in [0.1, 0.15) is 0 Å². The van der Waals surface area contributed by atoms with Gasteiger partial charge in [-0.1, -0.05) is 87.3 Å². The van der Waals surface area contributed by atoms with Crippen LogP contribution in [0.25, 0.3) is 17.1 Å². The van der Waals surface area contributed by atoms with Crippen molar-refractivity contribution in [3.63, 3.8) is 0 Å². The standard InChI is InChI=1S/C23H16BrCl2N5OS/c24-16-11-9-15(10-12-16)22-29-30-23(31(22)17-5-2-1-3-6-17)33-14-21(32)28-27-13-18-19(25)7-4-8-20(18)26/h1-13H,14H2,(H,28,32)/b27-13-. The molecule has 4 rings (SSSR count). The summed E-state index contributed by atoms with van der Waals surface area (Å²) in [5.74, 6) is 0.481. The monoisotopic (exact) mass is 559 g/mol. The Morgan fingerprint density at radius 1 is 1.00 bits per heavy atom. The Morgan fingerprint density at radius 2 is 1.70 bits per heavy atom. The topological polar surface area (TPSA) is 72.2 Å². The van der Waals surface area contributed by atoms with E-state index in [-0.39, 0.29) is 11.7 Å². The van der Waals surface area contributed by atoms with Gasteiger partial charge in [0.2, 0.25) is 0 Å². The molecule has 0 aliphatic rings. The Labute approximate surface area is 213 Å². The molecular weight excluding hydrogens is 545 g/mol. The third-order valence-corrected chi connectivity index (χ3v) is 6.58. The lowest BCUT2D eigenvalue weighted by Gasteiger charge is -2.10. The van der Waals surface area contributed by atoms with Gasteiger partial charge in [-0.15, -0.1) is 10.2 Å². The molecule has 0 unspecified atom stereocenters. The van der Waals surface area contributed by atoms with E-state index in [1.165, 1.54) is 18.0 Å². The molecule has 0 saturated heterocycles. The Kier molecular flexibility index (Phi) is 7.82. The van der Waals surface area contributed by atoms with Crippen LogP contribution in [-0.4, -0.2) is 32.6 Å². The molecule has 0 spiro atoms. The predicted octanol–water partition coefficient (Wildman–Crippen LogP) is 6.25. The van der Waals surface area contributed by atoms with Gasteiger partial charge in [-0.3, -0.25) is 9.36 Å². The summed E-state index contributed by atoms with van der Waals surface area (Å²) in [6.45, 7) is 0. The van der Waals surface area contributed by atoms with Crippen molar-refractivity contribution in [1.82, 2.24) is 20.2 Å². The molecule has 0 saturated carbocycles. The largest absolute Gasteiger partial charge is 0.272 e. The van der Waals surface area contributed by atoms with Crippen LogP contribution in [0.3, 0.4) is 0 Å². The molecule has 1 N–H and O–H groups in total. The van der Waals surface area contributed by atoms with Crippen molar-refractivity contribution >= 4 is 63.0 Å². The van der Waals surface area contributed by atoms with Crippen LogP contribution in [0.4, 0.5) is 0 Å². The van der Waals surface area contributed by atoms with Crippen LogP contribution in [0.5, 0.6) is 0 Å². The van der Waals surface area contributed by atoms with Gasteiger partial charge in [0.05, 0.1) is 22.0 Å². The molecule has 1 aromatic heterocycles. The number of aromatic nitrogens is 3. The van der Waals surface area contributed by atoms with Crippen LogP contribution in [-0.2, 0) is 4.79 Å². The lowest BCUT2D eigenvalue weighted by molar-refractivity contribution is -0.118. The number of benzene rings is 3. The molecule has 0 atom stereocenters. The minimum absolute atomic E-state index is 0.0961. The molecule has 0 aliphatic carbocycles. The molecule has 0 radical (unpaired) electrons. The highest BCUT2D eigenvalue weighted by molar-refractivity contribution is 9.10. The quantitative estimate of drug-likeness (QED) is 0.165. The summed E-state index contributed by atoms with van der Waals surface area (Å²) in [6, 6.07) is 22.7. The predicted molar refractivity (Wildman–Crippen MR) is 137 cm³/mol. The van der Waals surface area contributed by atoms with Gasteiger partial charge in [0.25, 0.3) is 5.91 Å². The van der Waals surface area contributed by atoms with Crippen molar-refractivity contribution in [2.75, 3.05) is 5.75 Å². The Hall–Kier alpha value is -2.65. The number of para-hydroxylation sites is 1. The van der Waals surface area contributed by atoms with E-state index in [2.05, 4.69) is 36.7 Å². The first-order valence-corrected chi connectivity index (χ1v) is 12.2. The van der Waals surface area contributed by atoms with Crippen molar-refractivity contribution in [2.45, 2.75) is 5.16 Å². The first-order chi connectivity index (χ1) is 16.0. The summed E-state index contributed by atoms with van der Waals surface area (Å²) >= 11 is 16.9. The molecule has 166 valence electrons. The van der Waals surface area contributed by atoms with E-state index in [0.29, 0.717) is 26.6 Å². The van der Waals surface area contributed by atoms with E-state index in [9.17, 15) is 4.79 Å². The lowest BCUT2D eigenvalue weighted by Crippen LogP contribution is -2.20. The maximum absolute atomic E-state index is 12.4. The van der Waals surface area contributed by atoms with E-state index in [4.69, 9.17) is 23.2 Å². The number of hydrogen-bond donors (Lipinski definition) is 1. The first-order valence-electron chi connectivity index (χ1n) is 9.68. The van der Waals surface area contributed by atoms with Crippen molar-refractivity contribution in [3.05, 3.63) is 92.9 Å². The van der Waals surface area contributed by atoms with E-state index in [1.807, 2.05) is 59.2 Å². The highest BCUT2D eigenvalue weighted by Crippen LogP contribution is 2.28. The van der Waals surface area contributed by atoms with Crippen LogP contribution in [0.1, 0.15) is 5.56 Å². The zero-order valence-electron chi connectivity index (χ0n) is 17.0. The smallest absolute Gasteiger partial charge is 0.250 e. The van der Waals surface area contributed by atoms with Crippen LogP contribution in [0, 0.1) is 0 Å². The molecular formula is C23H16BrCl2N5OS. The second kappa shape index (κ2) is 11.0. The average molecular weight is 561 g/mol. The van der Waals surface area contributed by atoms with E-state index < -0.39 is 0 Å². The number of thioether (sulfide) groups is 1. The van der Waals surface area contributed by atoms with Gasteiger partial charge < -0.3 is 0 Å². The molecule has 0 bridgehead atoms. The van der Waals surface area contributed by atoms with E-state index in [1.54, 1.807) is 18.2 Å². The van der Waals surface area contributed by atoms with Crippen molar-refractivity contribution in [2.24, 2.45) is 5.10 Å². The highest BCUT2D eigenvalue weighted by atomic mass is 79.9. The van der Waals surface area contributed by atoms with Gasteiger partial charge in [-0.05, 0) is 36.4 Å². The van der Waals surface area contributed by atoms with Gasteiger partial charge in [0, 0.05) is 21.3 Å². The van der Waals surface area contributed by atoms with Crippen LogP contribution >= 0.6 is 50.9 Å². The minimum atomic E-state index is -0.299. The Morgan fingerprint density at radius 3 is 2.39 bits per heavy atom. The Bertz CT molecular complexity index is 1280. The maximum Gasteiger partial charge on any atom is 0.250 e. The molecule has 1 heterocycles. The summed E-state index contributed by atoms with van der Waals surface area (Å²) in [4.78, 5) is 12.4. The molecule has 33 heavy (non-hydrogen) atoms. The second-order valence-electron chi connectivity index (χ2n) is 6.70. The fourth-order valence-corrected chi connectivity index (χ4v) is 4.43. The van der Waals surface area contributed by atoms with Crippen molar-refractivity contribution in [1.29, 1.82) is 0 Å². The van der Waals surface area contributed by atoms with E-state index >= 15 is 0 Å². The average Bonchev–Trinajstić information content (AvgIpc) is 3.24. The molecule has 0 fully saturated rings. The summed E-state index contributed by atoms with van der Waals surface area (Å²) in [5, 5.41) is 14.2. The molecule has 6 nitrogen and oxygen atoms in total. The zero-order chi connectivity index (χ0) is 23.2. The molecule has 1 amide bonds. The number of rotatable bonds is 7. The highest BCUT2D eigenvalue weighted by Gasteiger charge is 2.17. The Balaban J connectivity index is 1.50. The third kappa shape index (κ3) is 5.83. The summed E-state index contributed by atoms with van der Waals surface area (Å²) in [5.41, 5.74) is 4.84. The van der Waals surface area contributed by atoms with Crippen molar-refractivity contribution in [3.8, 4) is 17.1 Å². The second-order valence-corrected chi connectivity index (χ2v) is 9.37. The van der Waals surface area contributed by atoms with Gasteiger partial charge in [-0.25, -0.2) is 5.43 Å². The molecule has 4 aromatic rings. The van der Waals surface area contributed by atoms with Crippen LogP contribution in [0.15, 0.2) is 87.5 Å². The minimum Gasteiger partial charge on any atom is -0.272 e. The van der Waals surface area contributed by atoms with Gasteiger partial charge in [0.15, 0.2) is 11.0 Å².